The normalized spacial score (nSPS) is 12.4. The van der Waals surface area contributed by atoms with Gasteiger partial charge in [-0.3, -0.25) is 19.6 Å². The molecule has 9 heteroatoms. The predicted octanol–water partition coefficient (Wildman–Crippen LogP) is 2.17. The van der Waals surface area contributed by atoms with Gasteiger partial charge in [0.25, 0.3) is 11.5 Å². The average Bonchev–Trinajstić information content (AvgIpc) is 3.21. The molecule has 0 saturated carbocycles. The first-order chi connectivity index (χ1) is 15.0. The van der Waals surface area contributed by atoms with Gasteiger partial charge in [-0.25, -0.2) is 14.8 Å². The van der Waals surface area contributed by atoms with Crippen LogP contribution >= 0.6 is 0 Å². The lowest BCUT2D eigenvalue weighted by molar-refractivity contribution is 0.102. The molecule has 0 aliphatic carbocycles. The van der Waals surface area contributed by atoms with E-state index in [1.165, 1.54) is 6.07 Å². The van der Waals surface area contributed by atoms with E-state index in [0.717, 1.165) is 23.3 Å². The van der Waals surface area contributed by atoms with Crippen LogP contribution in [0.1, 0.15) is 21.6 Å². The highest BCUT2D eigenvalue weighted by atomic mass is 16.5. The highest BCUT2D eigenvalue weighted by Crippen LogP contribution is 2.30. The maximum absolute atomic E-state index is 12.8. The summed E-state index contributed by atoms with van der Waals surface area (Å²) in [6, 6.07) is 12.7. The van der Waals surface area contributed by atoms with Crippen LogP contribution in [0.25, 0.3) is 22.3 Å². The summed E-state index contributed by atoms with van der Waals surface area (Å²) < 4.78 is 5.54. The largest absolute Gasteiger partial charge is 0.493 e. The number of rotatable bonds is 3. The number of aromatic nitrogens is 4. The second-order valence-electron chi connectivity index (χ2n) is 7.24. The SMILES string of the molecule is Cc1cc(C(=O)Nc2cccc(-c3ccc4c(c3)CCO4)n2)nc2[nH]c(=O)[nH]c(=O)c12. The van der Waals surface area contributed by atoms with Crippen LogP contribution in [-0.4, -0.2) is 32.4 Å². The number of carbonyl (C=O) groups is 1. The number of aromatic amines is 2. The van der Waals surface area contributed by atoms with Gasteiger partial charge in [0.05, 0.1) is 17.7 Å². The average molecular weight is 415 g/mol. The maximum atomic E-state index is 12.8. The Bertz CT molecular complexity index is 1470. The minimum atomic E-state index is -0.684. The molecule has 0 bridgehead atoms. The number of amides is 1. The summed E-state index contributed by atoms with van der Waals surface area (Å²) >= 11 is 0. The number of H-pyrrole nitrogens is 2. The number of aryl methyl sites for hydroxylation is 1. The van der Waals surface area contributed by atoms with Gasteiger partial charge in [0.15, 0.2) is 0 Å². The molecule has 4 aromatic rings. The first-order valence-corrected chi connectivity index (χ1v) is 9.66. The number of hydrogen-bond acceptors (Lipinski definition) is 6. The molecule has 3 N–H and O–H groups in total. The number of pyridine rings is 2. The number of carbonyl (C=O) groups excluding carboxylic acids is 1. The Morgan fingerprint density at radius 2 is 1.97 bits per heavy atom. The minimum absolute atomic E-state index is 0.0565. The summed E-state index contributed by atoms with van der Waals surface area (Å²) in [6.07, 6.45) is 0.859. The maximum Gasteiger partial charge on any atom is 0.327 e. The Kier molecular flexibility index (Phi) is 4.36. The van der Waals surface area contributed by atoms with E-state index in [9.17, 15) is 14.4 Å². The number of anilines is 1. The van der Waals surface area contributed by atoms with Crippen LogP contribution < -0.4 is 21.3 Å². The van der Waals surface area contributed by atoms with E-state index in [-0.39, 0.29) is 16.7 Å². The quantitative estimate of drug-likeness (QED) is 0.470. The van der Waals surface area contributed by atoms with Crippen LogP contribution in [-0.2, 0) is 6.42 Å². The Labute approximate surface area is 175 Å². The fourth-order valence-electron chi connectivity index (χ4n) is 3.66. The van der Waals surface area contributed by atoms with Crippen LogP contribution in [0.15, 0.2) is 52.1 Å². The van der Waals surface area contributed by atoms with Crippen molar-refractivity contribution in [3.63, 3.8) is 0 Å². The molecule has 154 valence electrons. The number of hydrogen-bond donors (Lipinski definition) is 3. The summed E-state index contributed by atoms with van der Waals surface area (Å²) in [5.41, 5.74) is 2.18. The lowest BCUT2D eigenvalue weighted by Gasteiger charge is -2.09. The number of nitrogens with zero attached hydrogens (tertiary/aromatic N) is 2. The zero-order chi connectivity index (χ0) is 21.5. The van der Waals surface area contributed by atoms with E-state index in [1.807, 2.05) is 24.3 Å². The molecule has 0 saturated heterocycles. The van der Waals surface area contributed by atoms with E-state index in [4.69, 9.17) is 4.74 Å². The lowest BCUT2D eigenvalue weighted by Crippen LogP contribution is -2.24. The highest BCUT2D eigenvalue weighted by molar-refractivity contribution is 6.03. The number of nitrogens with one attached hydrogen (secondary N) is 3. The summed E-state index contributed by atoms with van der Waals surface area (Å²) in [7, 11) is 0. The Hall–Kier alpha value is -4.27. The molecule has 0 unspecified atom stereocenters. The van der Waals surface area contributed by atoms with Crippen molar-refractivity contribution in [2.45, 2.75) is 13.3 Å². The third-order valence-electron chi connectivity index (χ3n) is 5.11. The van der Waals surface area contributed by atoms with Gasteiger partial charge in [0.2, 0.25) is 0 Å². The van der Waals surface area contributed by atoms with E-state index < -0.39 is 17.2 Å². The van der Waals surface area contributed by atoms with Gasteiger partial charge in [-0.2, -0.15) is 0 Å². The molecular weight excluding hydrogens is 398 g/mol. The predicted molar refractivity (Wildman–Crippen MR) is 115 cm³/mol. The molecule has 1 aliphatic heterocycles. The standard InChI is InChI=1S/C22H17N5O4/c1-11-9-15(24-19-18(11)21(29)27-22(30)26-19)20(28)25-17-4-2-3-14(23-17)12-5-6-16-13(10-12)7-8-31-16/h2-6,9-10H,7-8H2,1H3,(H,23,25,28)(H2,24,26,27,29,30). The third-order valence-corrected chi connectivity index (χ3v) is 5.11. The van der Waals surface area contributed by atoms with Crippen LogP contribution in [0.3, 0.4) is 0 Å². The Morgan fingerprint density at radius 1 is 1.10 bits per heavy atom. The smallest absolute Gasteiger partial charge is 0.327 e. The van der Waals surface area contributed by atoms with Crippen molar-refractivity contribution in [3.8, 4) is 17.0 Å². The molecule has 1 aromatic carbocycles. The van der Waals surface area contributed by atoms with Gasteiger partial charge in [0, 0.05) is 12.0 Å². The lowest BCUT2D eigenvalue weighted by atomic mass is 10.1. The van der Waals surface area contributed by atoms with Crippen molar-refractivity contribution in [1.82, 2.24) is 19.9 Å². The Morgan fingerprint density at radius 3 is 2.84 bits per heavy atom. The number of ether oxygens (including phenoxy) is 1. The molecule has 9 nitrogen and oxygen atoms in total. The number of benzene rings is 1. The van der Waals surface area contributed by atoms with Gasteiger partial charge in [-0.05, 0) is 54.4 Å². The zero-order valence-electron chi connectivity index (χ0n) is 16.5. The summed E-state index contributed by atoms with van der Waals surface area (Å²) in [5.74, 6) is 0.749. The van der Waals surface area contributed by atoms with Crippen LogP contribution in [0, 0.1) is 6.92 Å². The van der Waals surface area contributed by atoms with Crippen molar-refractivity contribution in [1.29, 1.82) is 0 Å². The molecule has 1 aliphatic rings. The zero-order valence-corrected chi connectivity index (χ0v) is 16.5. The summed E-state index contributed by atoms with van der Waals surface area (Å²) in [5, 5.41) is 2.96. The highest BCUT2D eigenvalue weighted by Gasteiger charge is 2.16. The van der Waals surface area contributed by atoms with E-state index in [0.29, 0.717) is 23.7 Å². The van der Waals surface area contributed by atoms with E-state index in [2.05, 4.69) is 25.3 Å². The van der Waals surface area contributed by atoms with Gasteiger partial charge in [0.1, 0.15) is 22.9 Å². The third kappa shape index (κ3) is 3.46. The molecule has 0 spiro atoms. The van der Waals surface area contributed by atoms with E-state index >= 15 is 0 Å². The van der Waals surface area contributed by atoms with Crippen molar-refractivity contribution >= 4 is 22.8 Å². The van der Waals surface area contributed by atoms with Crippen molar-refractivity contribution in [2.75, 3.05) is 11.9 Å². The fourth-order valence-corrected chi connectivity index (χ4v) is 3.66. The molecule has 0 fully saturated rings. The van der Waals surface area contributed by atoms with E-state index in [1.54, 1.807) is 19.1 Å². The molecule has 31 heavy (non-hydrogen) atoms. The monoisotopic (exact) mass is 415 g/mol. The van der Waals surface area contributed by atoms with Crippen LogP contribution in [0.2, 0.25) is 0 Å². The molecule has 0 radical (unpaired) electrons. The summed E-state index contributed by atoms with van der Waals surface area (Å²) in [4.78, 5) is 49.6. The van der Waals surface area contributed by atoms with Gasteiger partial charge >= 0.3 is 5.69 Å². The second kappa shape index (κ2) is 7.21. The molecule has 0 atom stereocenters. The van der Waals surface area contributed by atoms with Crippen LogP contribution in [0.5, 0.6) is 5.75 Å². The Balaban J connectivity index is 1.45. The second-order valence-corrected chi connectivity index (χ2v) is 7.24. The van der Waals surface area contributed by atoms with Crippen molar-refractivity contribution in [2.24, 2.45) is 0 Å². The van der Waals surface area contributed by atoms with Crippen molar-refractivity contribution in [3.05, 3.63) is 80.1 Å². The van der Waals surface area contributed by atoms with Gasteiger partial charge in [-0.1, -0.05) is 6.07 Å². The molecule has 3 aromatic heterocycles. The van der Waals surface area contributed by atoms with Gasteiger partial charge in [-0.15, -0.1) is 0 Å². The van der Waals surface area contributed by atoms with Crippen LogP contribution in [0.4, 0.5) is 5.82 Å². The first-order valence-electron chi connectivity index (χ1n) is 9.66. The summed E-state index contributed by atoms with van der Waals surface area (Å²) in [6.45, 7) is 2.35. The van der Waals surface area contributed by atoms with Gasteiger partial charge < -0.3 is 10.1 Å². The molecule has 5 rings (SSSR count). The molecule has 1 amide bonds. The topological polar surface area (TPSA) is 130 Å². The molecular formula is C22H17N5O4. The minimum Gasteiger partial charge on any atom is -0.493 e. The first kappa shape index (κ1) is 18.7. The fraction of sp³-hybridized carbons (Fsp3) is 0.136. The molecule has 4 heterocycles. The number of fused-ring (bicyclic) bond motifs is 2. The van der Waals surface area contributed by atoms with Crippen molar-refractivity contribution < 1.29 is 9.53 Å².